The predicted molar refractivity (Wildman–Crippen MR) is 61.3 cm³/mol. The zero-order valence-electron chi connectivity index (χ0n) is 10.2. The highest BCUT2D eigenvalue weighted by molar-refractivity contribution is 5.75. The number of hydrogen-bond donors (Lipinski definition) is 2. The van der Waals surface area contributed by atoms with E-state index in [4.69, 9.17) is 0 Å². The zero-order chi connectivity index (χ0) is 13.0. The normalized spacial score (nSPS) is 14.2. The number of carbonyl (C=O) groups excluding carboxylic acids is 1. The summed E-state index contributed by atoms with van der Waals surface area (Å²) in [4.78, 5) is 15.4. The number of ether oxygens (including phenoxy) is 1. The molecule has 2 atom stereocenters. The number of hydrogen-bond acceptors (Lipinski definition) is 5. The van der Waals surface area contributed by atoms with Gasteiger partial charge >= 0.3 is 5.97 Å². The molecule has 17 heavy (non-hydrogen) atoms. The Labute approximate surface area is 100 Å². The number of pyridine rings is 1. The van der Waals surface area contributed by atoms with Crippen molar-refractivity contribution in [3.05, 3.63) is 29.1 Å². The molecule has 0 amide bonds. The van der Waals surface area contributed by atoms with Crippen LogP contribution in [-0.4, -0.2) is 33.9 Å². The third-order valence-corrected chi connectivity index (χ3v) is 2.41. The average molecular weight is 239 g/mol. The van der Waals surface area contributed by atoms with Gasteiger partial charge in [0.2, 0.25) is 0 Å². The van der Waals surface area contributed by atoms with Crippen molar-refractivity contribution in [2.75, 3.05) is 6.61 Å². The lowest BCUT2D eigenvalue weighted by molar-refractivity contribution is -0.159. The smallest absolute Gasteiger partial charge is 0.338 e. The molecule has 0 radical (unpaired) electrons. The number of aryl methyl sites for hydroxylation is 2. The van der Waals surface area contributed by atoms with Crippen molar-refractivity contribution < 1.29 is 19.7 Å². The van der Waals surface area contributed by atoms with Gasteiger partial charge < -0.3 is 14.9 Å². The van der Waals surface area contributed by atoms with Gasteiger partial charge in [-0.1, -0.05) is 6.07 Å². The first-order chi connectivity index (χ1) is 7.97. The molecule has 0 aliphatic carbocycles. The van der Waals surface area contributed by atoms with Crippen LogP contribution in [0, 0.1) is 13.8 Å². The topological polar surface area (TPSA) is 79.7 Å². The first-order valence-corrected chi connectivity index (χ1v) is 5.44. The van der Waals surface area contributed by atoms with Gasteiger partial charge in [0.15, 0.2) is 6.10 Å². The molecular formula is C12H17NO4. The van der Waals surface area contributed by atoms with Crippen LogP contribution in [0.5, 0.6) is 0 Å². The van der Waals surface area contributed by atoms with Crippen LogP contribution < -0.4 is 0 Å². The zero-order valence-corrected chi connectivity index (χ0v) is 10.2. The van der Waals surface area contributed by atoms with Crippen molar-refractivity contribution in [2.45, 2.75) is 33.0 Å². The maximum Gasteiger partial charge on any atom is 0.338 e. The van der Waals surface area contributed by atoms with Crippen LogP contribution in [0.4, 0.5) is 0 Å². The number of rotatable bonds is 4. The maximum atomic E-state index is 11.3. The second kappa shape index (κ2) is 5.75. The molecule has 94 valence electrons. The number of nitrogens with zero attached hydrogens (tertiary/aromatic N) is 1. The second-order valence-corrected chi connectivity index (χ2v) is 3.77. The van der Waals surface area contributed by atoms with Crippen molar-refractivity contribution >= 4 is 5.97 Å². The third-order valence-electron chi connectivity index (χ3n) is 2.41. The highest BCUT2D eigenvalue weighted by atomic mass is 16.5. The van der Waals surface area contributed by atoms with Crippen LogP contribution in [0.1, 0.15) is 30.0 Å². The minimum absolute atomic E-state index is 0.160. The van der Waals surface area contributed by atoms with Gasteiger partial charge in [0.1, 0.15) is 6.10 Å². The van der Waals surface area contributed by atoms with Crippen molar-refractivity contribution in [3.8, 4) is 0 Å². The molecule has 5 nitrogen and oxygen atoms in total. The number of aliphatic hydroxyl groups excluding tert-OH is 2. The van der Waals surface area contributed by atoms with Gasteiger partial charge in [-0.05, 0) is 26.8 Å². The van der Waals surface area contributed by atoms with Gasteiger partial charge in [-0.3, -0.25) is 4.98 Å². The maximum absolute atomic E-state index is 11.3. The fourth-order valence-electron chi connectivity index (χ4n) is 1.54. The Balaban J connectivity index is 2.88. The molecule has 0 saturated heterocycles. The quantitative estimate of drug-likeness (QED) is 0.754. The standard InChI is InChI=1S/C12H17NO4/c1-4-17-12(16)11(15)10(14)9-6-5-7(2)13-8(9)3/h5-6,10-11,14-15H,4H2,1-3H3. The Morgan fingerprint density at radius 3 is 2.59 bits per heavy atom. The van der Waals surface area contributed by atoms with Gasteiger partial charge in [-0.2, -0.15) is 0 Å². The van der Waals surface area contributed by atoms with Crippen LogP contribution in [-0.2, 0) is 9.53 Å². The molecule has 1 heterocycles. The van der Waals surface area contributed by atoms with E-state index in [0.717, 1.165) is 5.69 Å². The van der Waals surface area contributed by atoms with E-state index in [1.54, 1.807) is 26.0 Å². The minimum atomic E-state index is -1.59. The molecule has 2 unspecified atom stereocenters. The lowest BCUT2D eigenvalue weighted by Gasteiger charge is -2.18. The SMILES string of the molecule is CCOC(=O)C(O)C(O)c1ccc(C)nc1C. The largest absolute Gasteiger partial charge is 0.464 e. The van der Waals surface area contributed by atoms with Gasteiger partial charge in [0.25, 0.3) is 0 Å². The molecule has 0 bridgehead atoms. The molecule has 1 aromatic rings. The van der Waals surface area contributed by atoms with E-state index in [1.807, 2.05) is 6.92 Å². The predicted octanol–water partition coefficient (Wildman–Crippen LogP) is 0.656. The Bertz CT molecular complexity index is 405. The van der Waals surface area contributed by atoms with E-state index in [2.05, 4.69) is 9.72 Å². The van der Waals surface area contributed by atoms with Crippen LogP contribution in [0.15, 0.2) is 12.1 Å². The molecule has 1 rings (SSSR count). The summed E-state index contributed by atoms with van der Waals surface area (Å²) in [5.41, 5.74) is 1.82. The lowest BCUT2D eigenvalue weighted by Crippen LogP contribution is -2.30. The van der Waals surface area contributed by atoms with Crippen LogP contribution in [0.25, 0.3) is 0 Å². The van der Waals surface area contributed by atoms with Gasteiger partial charge in [-0.15, -0.1) is 0 Å². The fourth-order valence-corrected chi connectivity index (χ4v) is 1.54. The summed E-state index contributed by atoms with van der Waals surface area (Å²) < 4.78 is 4.64. The molecule has 0 aliphatic heterocycles. The summed E-state index contributed by atoms with van der Waals surface area (Å²) >= 11 is 0. The van der Waals surface area contributed by atoms with E-state index in [9.17, 15) is 15.0 Å². The monoisotopic (exact) mass is 239 g/mol. The molecule has 0 fully saturated rings. The molecule has 1 aromatic heterocycles. The van der Waals surface area contributed by atoms with Gasteiger partial charge in [0, 0.05) is 17.0 Å². The molecule has 0 saturated carbocycles. The lowest BCUT2D eigenvalue weighted by atomic mass is 10.0. The van der Waals surface area contributed by atoms with E-state index >= 15 is 0 Å². The Hall–Kier alpha value is -1.46. The molecule has 5 heteroatoms. The van der Waals surface area contributed by atoms with E-state index in [1.165, 1.54) is 0 Å². The Morgan fingerprint density at radius 1 is 1.41 bits per heavy atom. The summed E-state index contributed by atoms with van der Waals surface area (Å²) in [5.74, 6) is -0.833. The summed E-state index contributed by atoms with van der Waals surface area (Å²) in [7, 11) is 0. The summed E-state index contributed by atoms with van der Waals surface area (Å²) in [6.45, 7) is 5.33. The molecule has 0 aromatic carbocycles. The Morgan fingerprint density at radius 2 is 2.06 bits per heavy atom. The number of aromatic nitrogens is 1. The summed E-state index contributed by atoms with van der Waals surface area (Å²) in [6, 6.07) is 3.36. The summed E-state index contributed by atoms with van der Waals surface area (Å²) in [5, 5.41) is 19.5. The number of aliphatic hydroxyl groups is 2. The first kappa shape index (κ1) is 13.6. The van der Waals surface area contributed by atoms with Gasteiger partial charge in [-0.25, -0.2) is 4.79 Å². The minimum Gasteiger partial charge on any atom is -0.464 e. The molecule has 0 spiro atoms. The molecule has 0 aliphatic rings. The van der Waals surface area contributed by atoms with Crippen LogP contribution >= 0.6 is 0 Å². The van der Waals surface area contributed by atoms with Gasteiger partial charge in [0.05, 0.1) is 6.61 Å². The highest BCUT2D eigenvalue weighted by Gasteiger charge is 2.28. The first-order valence-electron chi connectivity index (χ1n) is 5.44. The fraction of sp³-hybridized carbons (Fsp3) is 0.500. The van der Waals surface area contributed by atoms with Crippen molar-refractivity contribution in [1.82, 2.24) is 4.98 Å². The summed E-state index contributed by atoms with van der Waals surface area (Å²) in [6.07, 6.45) is -2.90. The van der Waals surface area contributed by atoms with E-state index in [0.29, 0.717) is 11.3 Å². The molecular weight excluding hydrogens is 222 g/mol. The van der Waals surface area contributed by atoms with Crippen molar-refractivity contribution in [2.24, 2.45) is 0 Å². The van der Waals surface area contributed by atoms with Crippen molar-refractivity contribution in [1.29, 1.82) is 0 Å². The third kappa shape index (κ3) is 3.25. The van der Waals surface area contributed by atoms with Crippen LogP contribution in [0.2, 0.25) is 0 Å². The Kier molecular flexibility index (Phi) is 4.60. The van der Waals surface area contributed by atoms with Crippen LogP contribution in [0.3, 0.4) is 0 Å². The highest BCUT2D eigenvalue weighted by Crippen LogP contribution is 2.20. The molecule has 2 N–H and O–H groups in total. The van der Waals surface area contributed by atoms with Crippen molar-refractivity contribution in [3.63, 3.8) is 0 Å². The number of esters is 1. The van der Waals surface area contributed by atoms with E-state index < -0.39 is 18.2 Å². The van der Waals surface area contributed by atoms with E-state index in [-0.39, 0.29) is 6.61 Å². The number of carbonyl (C=O) groups is 1. The average Bonchev–Trinajstić information content (AvgIpc) is 2.27. The second-order valence-electron chi connectivity index (χ2n) is 3.77.